The van der Waals surface area contributed by atoms with Gasteiger partial charge in [0.05, 0.1) is 11.5 Å². The molecule has 0 spiro atoms. The van der Waals surface area contributed by atoms with Crippen molar-refractivity contribution in [1.29, 1.82) is 0 Å². The molecule has 0 unspecified atom stereocenters. The summed E-state index contributed by atoms with van der Waals surface area (Å²) in [5.74, 6) is 0.677. The highest BCUT2D eigenvalue weighted by Gasteiger charge is 2.29. The van der Waals surface area contributed by atoms with Crippen molar-refractivity contribution in [1.82, 2.24) is 8.61 Å². The third-order valence-electron chi connectivity index (χ3n) is 3.68. The number of hydrogen-bond donors (Lipinski definition) is 0. The summed E-state index contributed by atoms with van der Waals surface area (Å²) in [5.41, 5.74) is 0. The molecule has 2 aliphatic heterocycles. The highest BCUT2D eigenvalue weighted by molar-refractivity contribution is 7.89. The van der Waals surface area contributed by atoms with Gasteiger partial charge in [0.2, 0.25) is 20.0 Å². The molecule has 126 valence electrons. The lowest BCUT2D eigenvalue weighted by atomic mass is 10.3. The van der Waals surface area contributed by atoms with Crippen LogP contribution >= 0.6 is 0 Å². The second-order valence-electron chi connectivity index (χ2n) is 6.10. The third-order valence-corrected chi connectivity index (χ3v) is 7.92. The van der Waals surface area contributed by atoms with E-state index in [0.29, 0.717) is 24.6 Å². The van der Waals surface area contributed by atoms with E-state index in [1.807, 2.05) is 27.7 Å². The van der Waals surface area contributed by atoms with Crippen LogP contribution in [-0.2, 0) is 20.0 Å². The summed E-state index contributed by atoms with van der Waals surface area (Å²) in [7, 11) is -5.74. The zero-order valence-corrected chi connectivity index (χ0v) is 15.1. The van der Waals surface area contributed by atoms with Gasteiger partial charge < -0.3 is 0 Å². The molecule has 21 heavy (non-hydrogen) atoms. The van der Waals surface area contributed by atoms with Crippen molar-refractivity contribution < 1.29 is 16.8 Å². The van der Waals surface area contributed by atoms with E-state index in [4.69, 9.17) is 0 Å². The molecule has 0 aromatic heterocycles. The Morgan fingerprint density at radius 2 is 1.05 bits per heavy atom. The SMILES string of the molecule is CC(C)N1CCCCS1(=O)=O.CC(C)N1CCCS1(=O)=O. The molecule has 0 aromatic rings. The zero-order chi connectivity index (χ0) is 16.3. The van der Waals surface area contributed by atoms with Gasteiger partial charge in [0.1, 0.15) is 0 Å². The third kappa shape index (κ3) is 5.19. The first-order valence-corrected chi connectivity index (χ1v) is 10.8. The molecule has 2 heterocycles. The van der Waals surface area contributed by atoms with Gasteiger partial charge >= 0.3 is 0 Å². The quantitative estimate of drug-likeness (QED) is 0.758. The summed E-state index contributed by atoms with van der Waals surface area (Å²) >= 11 is 0. The Hall–Kier alpha value is -0.180. The Bertz CT molecular complexity index is 526. The van der Waals surface area contributed by atoms with Crippen LogP contribution in [0.3, 0.4) is 0 Å². The monoisotopic (exact) mass is 340 g/mol. The van der Waals surface area contributed by atoms with Crippen molar-refractivity contribution >= 4 is 20.0 Å². The summed E-state index contributed by atoms with van der Waals surface area (Å²) in [6, 6.07) is 0.257. The Morgan fingerprint density at radius 1 is 0.667 bits per heavy atom. The minimum Gasteiger partial charge on any atom is -0.212 e. The Balaban J connectivity index is 0.000000211. The molecule has 0 atom stereocenters. The molecule has 6 nitrogen and oxygen atoms in total. The maximum atomic E-state index is 11.3. The largest absolute Gasteiger partial charge is 0.214 e. The molecule has 0 bridgehead atoms. The normalized spacial score (nSPS) is 25.8. The van der Waals surface area contributed by atoms with E-state index < -0.39 is 20.0 Å². The maximum absolute atomic E-state index is 11.3. The van der Waals surface area contributed by atoms with Crippen molar-refractivity contribution in [2.45, 2.75) is 59.0 Å². The number of sulfonamides is 2. The van der Waals surface area contributed by atoms with Crippen molar-refractivity contribution in [3.63, 3.8) is 0 Å². The lowest BCUT2D eigenvalue weighted by Gasteiger charge is -2.29. The molecule has 0 saturated carbocycles. The van der Waals surface area contributed by atoms with Gasteiger partial charge in [-0.3, -0.25) is 0 Å². The van der Waals surface area contributed by atoms with Gasteiger partial charge in [-0.25, -0.2) is 16.8 Å². The minimum absolute atomic E-state index is 0.125. The number of hydrogen-bond acceptors (Lipinski definition) is 4. The van der Waals surface area contributed by atoms with Crippen LogP contribution in [0.15, 0.2) is 0 Å². The topological polar surface area (TPSA) is 74.8 Å². The summed E-state index contributed by atoms with van der Waals surface area (Å²) in [4.78, 5) is 0. The van der Waals surface area contributed by atoms with Crippen molar-refractivity contribution in [2.24, 2.45) is 0 Å². The van der Waals surface area contributed by atoms with Crippen LogP contribution in [0, 0.1) is 0 Å². The van der Waals surface area contributed by atoms with E-state index in [9.17, 15) is 16.8 Å². The number of nitrogens with zero attached hydrogens (tertiary/aromatic N) is 2. The van der Waals surface area contributed by atoms with E-state index in [1.165, 1.54) is 0 Å². The smallest absolute Gasteiger partial charge is 0.212 e. The predicted molar refractivity (Wildman–Crippen MR) is 85.1 cm³/mol. The summed E-state index contributed by atoms with van der Waals surface area (Å²) in [5, 5.41) is 0. The van der Waals surface area contributed by atoms with E-state index in [2.05, 4.69) is 0 Å². The van der Waals surface area contributed by atoms with Crippen LogP contribution in [0.1, 0.15) is 47.0 Å². The second kappa shape index (κ2) is 7.39. The molecule has 2 saturated heterocycles. The molecule has 0 amide bonds. The average Bonchev–Trinajstić information content (AvgIpc) is 2.68. The van der Waals surface area contributed by atoms with Crippen molar-refractivity contribution in [3.05, 3.63) is 0 Å². The molecule has 0 aromatic carbocycles. The van der Waals surface area contributed by atoms with Crippen LogP contribution in [0.4, 0.5) is 0 Å². The number of rotatable bonds is 2. The lowest BCUT2D eigenvalue weighted by molar-refractivity contribution is 0.333. The van der Waals surface area contributed by atoms with E-state index in [1.54, 1.807) is 8.61 Å². The zero-order valence-electron chi connectivity index (χ0n) is 13.4. The highest BCUT2D eigenvalue weighted by Crippen LogP contribution is 2.16. The van der Waals surface area contributed by atoms with Crippen LogP contribution in [0.5, 0.6) is 0 Å². The molecular formula is C13H28N2O4S2. The van der Waals surface area contributed by atoms with Gasteiger partial charge in [0.15, 0.2) is 0 Å². The Kier molecular flexibility index (Phi) is 6.64. The first kappa shape index (κ1) is 18.9. The lowest BCUT2D eigenvalue weighted by Crippen LogP contribution is -2.42. The van der Waals surface area contributed by atoms with Gasteiger partial charge in [-0.1, -0.05) is 0 Å². The maximum Gasteiger partial charge on any atom is 0.214 e. The fourth-order valence-corrected chi connectivity index (χ4v) is 6.26. The Labute approximate surface area is 129 Å². The average molecular weight is 341 g/mol. The van der Waals surface area contributed by atoms with E-state index in [-0.39, 0.29) is 12.1 Å². The van der Waals surface area contributed by atoms with Gasteiger partial charge in [-0.05, 0) is 47.0 Å². The van der Waals surface area contributed by atoms with E-state index in [0.717, 1.165) is 19.3 Å². The van der Waals surface area contributed by atoms with Crippen LogP contribution in [0.25, 0.3) is 0 Å². The van der Waals surface area contributed by atoms with E-state index >= 15 is 0 Å². The van der Waals surface area contributed by atoms with Crippen molar-refractivity contribution in [2.75, 3.05) is 24.6 Å². The summed E-state index contributed by atoms with van der Waals surface area (Å²) < 4.78 is 48.1. The van der Waals surface area contributed by atoms with Crippen molar-refractivity contribution in [3.8, 4) is 0 Å². The van der Waals surface area contributed by atoms with Gasteiger partial charge in [0, 0.05) is 25.2 Å². The molecule has 0 aliphatic carbocycles. The molecule has 2 rings (SSSR count). The van der Waals surface area contributed by atoms with Gasteiger partial charge in [-0.2, -0.15) is 8.61 Å². The van der Waals surface area contributed by atoms with Gasteiger partial charge in [0.25, 0.3) is 0 Å². The summed E-state index contributed by atoms with van der Waals surface area (Å²) in [6.07, 6.45) is 2.63. The molecule has 0 N–H and O–H groups in total. The molecular weight excluding hydrogens is 312 g/mol. The fraction of sp³-hybridized carbons (Fsp3) is 1.00. The first-order valence-electron chi connectivity index (χ1n) is 7.57. The molecule has 2 fully saturated rings. The molecule has 2 aliphatic rings. The second-order valence-corrected chi connectivity index (χ2v) is 10.2. The predicted octanol–water partition coefficient (Wildman–Crippen LogP) is 1.25. The highest BCUT2D eigenvalue weighted by atomic mass is 32.2. The van der Waals surface area contributed by atoms with Crippen LogP contribution < -0.4 is 0 Å². The summed E-state index contributed by atoms with van der Waals surface area (Å²) in [6.45, 7) is 9.07. The molecule has 0 radical (unpaired) electrons. The minimum atomic E-state index is -2.89. The standard InChI is InChI=1S/C7H15NO2S.C6H13NO2S/c1-7(2)8-5-3-4-6-11(8,9)10;1-6(2)7-4-3-5-10(7,8)9/h7H,3-6H2,1-2H3;6H,3-5H2,1-2H3. The Morgan fingerprint density at radius 3 is 1.29 bits per heavy atom. The fourth-order valence-electron chi connectivity index (χ4n) is 2.63. The van der Waals surface area contributed by atoms with Crippen LogP contribution in [0.2, 0.25) is 0 Å². The molecule has 8 heteroatoms. The van der Waals surface area contributed by atoms with Crippen LogP contribution in [-0.4, -0.2) is 62.1 Å². The van der Waals surface area contributed by atoms with Gasteiger partial charge in [-0.15, -0.1) is 0 Å². The first-order chi connectivity index (χ1) is 9.58.